The van der Waals surface area contributed by atoms with Crippen LogP contribution in [0.2, 0.25) is 0 Å². The van der Waals surface area contributed by atoms with Gasteiger partial charge in [0.05, 0.1) is 31.8 Å². The predicted octanol–water partition coefficient (Wildman–Crippen LogP) is 5.00. The lowest BCUT2D eigenvalue weighted by Gasteiger charge is -2.22. The lowest BCUT2D eigenvalue weighted by atomic mass is 10.2. The molecule has 0 bridgehead atoms. The number of ether oxygens (including phenoxy) is 2. The number of hydrogen-bond donors (Lipinski definition) is 1. The maximum Gasteiger partial charge on any atom is 0.271 e. The number of benzene rings is 4. The van der Waals surface area contributed by atoms with Crippen LogP contribution in [0.5, 0.6) is 11.5 Å². The highest BCUT2D eigenvalue weighted by Gasteiger charge is 2.18. The van der Waals surface area contributed by atoms with Crippen molar-refractivity contribution in [2.24, 2.45) is 5.10 Å². The first-order valence-electron chi connectivity index (χ1n) is 12.1. The summed E-state index contributed by atoms with van der Waals surface area (Å²) in [6, 6.07) is 30.8. The molecule has 0 unspecified atom stereocenters. The van der Waals surface area contributed by atoms with Crippen LogP contribution in [0.3, 0.4) is 0 Å². The van der Waals surface area contributed by atoms with E-state index in [4.69, 9.17) is 9.47 Å². The predicted molar refractivity (Wildman–Crippen MR) is 153 cm³/mol. The summed E-state index contributed by atoms with van der Waals surface area (Å²) in [6.07, 6.45) is 2.66. The van der Waals surface area contributed by atoms with Crippen molar-refractivity contribution in [2.45, 2.75) is 13.2 Å². The van der Waals surface area contributed by atoms with Gasteiger partial charge in [-0.05, 0) is 59.2 Å². The summed E-state index contributed by atoms with van der Waals surface area (Å²) < 4.78 is 37.4. The molecule has 4 aromatic rings. The number of methoxy groups -OCH3 is 1. The first kappa shape index (κ1) is 27.4. The van der Waals surface area contributed by atoms with E-state index in [1.54, 1.807) is 49.6 Å². The van der Waals surface area contributed by atoms with Crippen molar-refractivity contribution in [3.63, 3.8) is 0 Å². The minimum absolute atomic E-state index is 0.190. The van der Waals surface area contributed by atoms with E-state index < -0.39 is 15.9 Å². The Labute approximate surface area is 228 Å². The van der Waals surface area contributed by atoms with E-state index in [1.165, 1.54) is 10.5 Å². The minimum atomic E-state index is -3.53. The lowest BCUT2D eigenvalue weighted by molar-refractivity contribution is 0.0955. The van der Waals surface area contributed by atoms with E-state index in [2.05, 4.69) is 10.5 Å². The molecule has 4 aromatic carbocycles. The maximum absolute atomic E-state index is 12.6. The third-order valence-corrected chi connectivity index (χ3v) is 6.93. The topological polar surface area (TPSA) is 97.3 Å². The van der Waals surface area contributed by atoms with Gasteiger partial charge in [0.25, 0.3) is 5.91 Å². The summed E-state index contributed by atoms with van der Waals surface area (Å²) in [5.41, 5.74) is 5.90. The van der Waals surface area contributed by atoms with E-state index in [9.17, 15) is 13.2 Å². The molecule has 0 saturated heterocycles. The first-order valence-corrected chi connectivity index (χ1v) is 14.0. The van der Waals surface area contributed by atoms with Crippen LogP contribution >= 0.6 is 0 Å². The van der Waals surface area contributed by atoms with Crippen molar-refractivity contribution in [3.05, 3.63) is 125 Å². The average Bonchev–Trinajstić information content (AvgIpc) is 2.95. The molecule has 39 heavy (non-hydrogen) atoms. The highest BCUT2D eigenvalue weighted by atomic mass is 32.2. The van der Waals surface area contributed by atoms with Gasteiger partial charge in [0, 0.05) is 5.56 Å². The lowest BCUT2D eigenvalue weighted by Crippen LogP contribution is -2.29. The Balaban J connectivity index is 1.38. The number of carbonyl (C=O) groups is 1. The summed E-state index contributed by atoms with van der Waals surface area (Å²) >= 11 is 0. The van der Waals surface area contributed by atoms with Crippen LogP contribution in [-0.2, 0) is 23.2 Å². The minimum Gasteiger partial charge on any atom is -0.493 e. The SMILES string of the molecule is COc1cc(/C=N\NC(=O)c2ccc(N(Cc3ccccc3)S(C)(=O)=O)cc2)ccc1OCc1ccccc1. The highest BCUT2D eigenvalue weighted by molar-refractivity contribution is 7.92. The molecule has 0 heterocycles. The molecular weight excluding hydrogens is 514 g/mol. The van der Waals surface area contributed by atoms with Gasteiger partial charge in [-0.15, -0.1) is 0 Å². The molecule has 200 valence electrons. The van der Waals surface area contributed by atoms with E-state index >= 15 is 0 Å². The van der Waals surface area contributed by atoms with E-state index in [0.717, 1.165) is 17.4 Å². The van der Waals surface area contributed by atoms with Crippen LogP contribution in [-0.4, -0.2) is 33.9 Å². The number of nitrogens with one attached hydrogen (secondary N) is 1. The molecule has 0 aromatic heterocycles. The molecule has 0 aliphatic heterocycles. The molecule has 0 aliphatic carbocycles. The molecule has 0 radical (unpaired) electrons. The third-order valence-electron chi connectivity index (χ3n) is 5.79. The summed E-state index contributed by atoms with van der Waals surface area (Å²) in [5, 5.41) is 4.04. The van der Waals surface area contributed by atoms with Crippen molar-refractivity contribution in [1.82, 2.24) is 5.43 Å². The monoisotopic (exact) mass is 543 g/mol. The van der Waals surface area contributed by atoms with Crippen LogP contribution in [0.15, 0.2) is 108 Å². The molecule has 4 rings (SSSR count). The Kier molecular flexibility index (Phi) is 8.96. The van der Waals surface area contributed by atoms with E-state index in [1.807, 2.05) is 60.7 Å². The molecule has 0 aliphatic rings. The Morgan fingerprint density at radius 2 is 1.51 bits per heavy atom. The third kappa shape index (κ3) is 7.68. The zero-order valence-electron chi connectivity index (χ0n) is 21.7. The fourth-order valence-electron chi connectivity index (χ4n) is 3.78. The fraction of sp³-hybridized carbons (Fsp3) is 0.133. The van der Waals surface area contributed by atoms with Gasteiger partial charge in [-0.1, -0.05) is 60.7 Å². The second-order valence-corrected chi connectivity index (χ2v) is 10.6. The number of hydrogen-bond acceptors (Lipinski definition) is 6. The van der Waals surface area contributed by atoms with Crippen LogP contribution < -0.4 is 19.2 Å². The Bertz CT molecular complexity index is 1520. The van der Waals surface area contributed by atoms with Gasteiger partial charge in [-0.3, -0.25) is 9.10 Å². The largest absolute Gasteiger partial charge is 0.493 e. The summed E-state index contributed by atoms with van der Waals surface area (Å²) in [7, 11) is -1.97. The normalized spacial score (nSPS) is 11.2. The Morgan fingerprint density at radius 3 is 2.13 bits per heavy atom. The van der Waals surface area contributed by atoms with Crippen LogP contribution in [0.25, 0.3) is 0 Å². The summed E-state index contributed by atoms with van der Waals surface area (Å²) in [6.45, 7) is 0.600. The van der Waals surface area contributed by atoms with Gasteiger partial charge in [0.2, 0.25) is 10.0 Å². The molecule has 0 spiro atoms. The Hall–Kier alpha value is -4.63. The van der Waals surface area contributed by atoms with Crippen LogP contribution in [0, 0.1) is 0 Å². The molecular formula is C30H29N3O5S. The summed E-state index contributed by atoms with van der Waals surface area (Å²) in [5.74, 6) is 0.710. The highest BCUT2D eigenvalue weighted by Crippen LogP contribution is 2.28. The second-order valence-electron chi connectivity index (χ2n) is 8.69. The van der Waals surface area contributed by atoms with E-state index in [-0.39, 0.29) is 6.54 Å². The molecule has 0 saturated carbocycles. The standard InChI is InChI=1S/C30H29N3O5S/c1-37-29-19-25(13-18-28(29)38-22-24-11-7-4-8-12-24)20-31-32-30(34)26-14-16-27(17-15-26)33(39(2,35)36)21-23-9-5-3-6-10-23/h3-20H,21-22H2,1-2H3,(H,32,34)/b31-20-. The Morgan fingerprint density at radius 1 is 0.872 bits per heavy atom. The number of anilines is 1. The molecule has 9 heteroatoms. The van der Waals surface area contributed by atoms with E-state index in [0.29, 0.717) is 34.9 Å². The molecule has 1 amide bonds. The number of amides is 1. The molecule has 8 nitrogen and oxygen atoms in total. The van der Waals surface area contributed by atoms with Gasteiger partial charge in [0.1, 0.15) is 6.61 Å². The fourth-order valence-corrected chi connectivity index (χ4v) is 4.67. The second kappa shape index (κ2) is 12.7. The van der Waals surface area contributed by atoms with Crippen molar-refractivity contribution in [1.29, 1.82) is 0 Å². The average molecular weight is 544 g/mol. The zero-order valence-corrected chi connectivity index (χ0v) is 22.5. The number of hydrazone groups is 1. The van der Waals surface area contributed by atoms with Crippen LogP contribution in [0.1, 0.15) is 27.0 Å². The van der Waals surface area contributed by atoms with Gasteiger partial charge < -0.3 is 9.47 Å². The molecule has 0 fully saturated rings. The number of carbonyl (C=O) groups excluding carboxylic acids is 1. The van der Waals surface area contributed by atoms with Crippen molar-refractivity contribution >= 4 is 27.8 Å². The molecule has 1 N–H and O–H groups in total. The maximum atomic E-state index is 12.6. The van der Waals surface area contributed by atoms with Gasteiger partial charge in [0.15, 0.2) is 11.5 Å². The number of rotatable bonds is 11. The quantitative estimate of drug-likeness (QED) is 0.212. The van der Waals surface area contributed by atoms with Gasteiger partial charge in [-0.2, -0.15) is 5.10 Å². The first-order chi connectivity index (χ1) is 18.8. The van der Waals surface area contributed by atoms with Crippen LogP contribution in [0.4, 0.5) is 5.69 Å². The zero-order chi connectivity index (χ0) is 27.7. The number of nitrogens with zero attached hydrogens (tertiary/aromatic N) is 2. The van der Waals surface area contributed by atoms with Gasteiger partial charge >= 0.3 is 0 Å². The van der Waals surface area contributed by atoms with Crippen molar-refractivity contribution in [2.75, 3.05) is 17.7 Å². The number of sulfonamides is 1. The molecule has 0 atom stereocenters. The van der Waals surface area contributed by atoms with Gasteiger partial charge in [-0.25, -0.2) is 13.8 Å². The van der Waals surface area contributed by atoms with Crippen molar-refractivity contribution < 1.29 is 22.7 Å². The summed E-state index contributed by atoms with van der Waals surface area (Å²) in [4.78, 5) is 12.6. The van der Waals surface area contributed by atoms with Crippen molar-refractivity contribution in [3.8, 4) is 11.5 Å². The smallest absolute Gasteiger partial charge is 0.271 e.